The Bertz CT molecular complexity index is 428. The second-order valence-electron chi connectivity index (χ2n) is 4.43. The van der Waals surface area contributed by atoms with Crippen LogP contribution in [-0.4, -0.2) is 24.4 Å². The van der Waals surface area contributed by atoms with Crippen LogP contribution in [0, 0.1) is 11.7 Å². The van der Waals surface area contributed by atoms with E-state index in [1.165, 1.54) is 0 Å². The Balaban J connectivity index is 3.00. The van der Waals surface area contributed by atoms with Crippen molar-refractivity contribution in [3.05, 3.63) is 17.9 Å². The minimum atomic E-state index is -3.12. The maximum Gasteiger partial charge on any atom is 0.387 e. The van der Waals surface area contributed by atoms with Gasteiger partial charge in [-0.1, -0.05) is 13.8 Å². The summed E-state index contributed by atoms with van der Waals surface area (Å²) in [4.78, 5) is 0. The van der Waals surface area contributed by atoms with E-state index in [1.807, 2.05) is 13.8 Å². The summed E-state index contributed by atoms with van der Waals surface area (Å²) < 4.78 is 41.6. The Kier molecular flexibility index (Phi) is 5.29. The molecule has 0 spiro atoms. The predicted molar refractivity (Wildman–Crippen MR) is 66.8 cm³/mol. The van der Waals surface area contributed by atoms with Gasteiger partial charge in [-0.2, -0.15) is 8.78 Å². The summed E-state index contributed by atoms with van der Waals surface area (Å²) in [5, 5.41) is 12.1. The molecule has 7 heteroatoms. The summed E-state index contributed by atoms with van der Waals surface area (Å²) in [6.45, 7) is 0.443. The first-order valence-electron chi connectivity index (χ1n) is 5.76. The molecule has 0 aromatic heterocycles. The van der Waals surface area contributed by atoms with E-state index in [-0.39, 0.29) is 29.9 Å². The summed E-state index contributed by atoms with van der Waals surface area (Å²) in [6, 6.07) is 1.63. The van der Waals surface area contributed by atoms with Crippen LogP contribution >= 0.6 is 0 Å². The van der Waals surface area contributed by atoms with Gasteiger partial charge in [0.05, 0.1) is 24.0 Å². The van der Waals surface area contributed by atoms with E-state index in [1.54, 1.807) is 0 Å². The molecule has 108 valence electrons. The molecule has 0 amide bonds. The van der Waals surface area contributed by atoms with Gasteiger partial charge in [-0.25, -0.2) is 4.39 Å². The lowest BCUT2D eigenvalue weighted by molar-refractivity contribution is -0.0521. The Labute approximate surface area is 109 Å². The van der Waals surface area contributed by atoms with Crippen molar-refractivity contribution in [1.29, 1.82) is 0 Å². The van der Waals surface area contributed by atoms with Crippen LogP contribution in [0.15, 0.2) is 12.1 Å². The number of nitrogen functional groups attached to an aromatic ring is 1. The average molecular weight is 278 g/mol. The highest BCUT2D eigenvalue weighted by Crippen LogP contribution is 2.30. The maximum atomic E-state index is 13.4. The molecule has 4 nitrogen and oxygen atoms in total. The second-order valence-corrected chi connectivity index (χ2v) is 4.43. The molecule has 0 aliphatic heterocycles. The van der Waals surface area contributed by atoms with Gasteiger partial charge in [-0.15, -0.1) is 0 Å². The van der Waals surface area contributed by atoms with Gasteiger partial charge >= 0.3 is 6.61 Å². The molecular weight excluding hydrogens is 261 g/mol. The van der Waals surface area contributed by atoms with Gasteiger partial charge in [0, 0.05) is 12.1 Å². The zero-order chi connectivity index (χ0) is 14.6. The minimum absolute atomic E-state index is 0.0539. The number of hydrogen-bond acceptors (Lipinski definition) is 4. The van der Waals surface area contributed by atoms with Gasteiger partial charge in [0.2, 0.25) is 0 Å². The number of rotatable bonds is 6. The minimum Gasteiger partial charge on any atom is -0.432 e. The van der Waals surface area contributed by atoms with Crippen molar-refractivity contribution in [2.45, 2.75) is 26.5 Å². The third-order valence-corrected chi connectivity index (χ3v) is 2.66. The number of benzene rings is 1. The number of nitrogens with two attached hydrogens (primary N) is 1. The second kappa shape index (κ2) is 6.51. The van der Waals surface area contributed by atoms with E-state index >= 15 is 0 Å². The van der Waals surface area contributed by atoms with Crippen LogP contribution in [0.5, 0.6) is 5.75 Å². The Morgan fingerprint density at radius 2 is 2.00 bits per heavy atom. The summed E-state index contributed by atoms with van der Waals surface area (Å²) in [5.74, 6) is -1.48. The number of nitrogens with one attached hydrogen (secondary N) is 1. The maximum absolute atomic E-state index is 13.4. The molecule has 19 heavy (non-hydrogen) atoms. The molecule has 1 aromatic rings. The van der Waals surface area contributed by atoms with Crippen LogP contribution < -0.4 is 15.8 Å². The van der Waals surface area contributed by atoms with Crippen LogP contribution in [0.2, 0.25) is 0 Å². The molecule has 1 aromatic carbocycles. The number of aliphatic hydroxyl groups is 1. The van der Waals surface area contributed by atoms with Crippen LogP contribution in [0.3, 0.4) is 0 Å². The third-order valence-electron chi connectivity index (χ3n) is 2.66. The van der Waals surface area contributed by atoms with Gasteiger partial charge < -0.3 is 20.9 Å². The summed E-state index contributed by atoms with van der Waals surface area (Å²) in [5.41, 5.74) is 5.89. The SMILES string of the molecule is CC(C)[C@@H](CO)Nc1cc(OC(F)F)c(F)cc1N. The van der Waals surface area contributed by atoms with Crippen molar-refractivity contribution >= 4 is 11.4 Å². The third kappa shape index (κ3) is 4.20. The quantitative estimate of drug-likeness (QED) is 0.699. The van der Waals surface area contributed by atoms with Gasteiger partial charge in [-0.3, -0.25) is 0 Å². The molecule has 0 unspecified atom stereocenters. The molecule has 0 aliphatic rings. The zero-order valence-corrected chi connectivity index (χ0v) is 10.7. The standard InChI is InChI=1S/C12H17F3N2O2/c1-6(2)10(5-18)17-9-4-11(19-12(14)15)7(13)3-8(9)16/h3-4,6,10,12,17-18H,5,16H2,1-2H3/t10-/m1/s1. The summed E-state index contributed by atoms with van der Waals surface area (Å²) in [6.07, 6.45) is 0. The molecule has 0 saturated carbocycles. The van der Waals surface area contributed by atoms with Gasteiger partial charge in [-0.05, 0) is 5.92 Å². The van der Waals surface area contributed by atoms with E-state index in [0.717, 1.165) is 12.1 Å². The Morgan fingerprint density at radius 3 is 2.47 bits per heavy atom. The van der Waals surface area contributed by atoms with Crippen molar-refractivity contribution in [3.8, 4) is 5.75 Å². The van der Waals surface area contributed by atoms with E-state index in [4.69, 9.17) is 5.73 Å². The fourth-order valence-electron chi connectivity index (χ4n) is 1.50. The average Bonchev–Trinajstić information content (AvgIpc) is 2.30. The van der Waals surface area contributed by atoms with Gasteiger partial charge in [0.1, 0.15) is 0 Å². The van der Waals surface area contributed by atoms with E-state index in [9.17, 15) is 18.3 Å². The van der Waals surface area contributed by atoms with Gasteiger partial charge in [0.15, 0.2) is 11.6 Å². The van der Waals surface area contributed by atoms with E-state index < -0.39 is 18.2 Å². The highest BCUT2D eigenvalue weighted by molar-refractivity contribution is 5.69. The predicted octanol–water partition coefficient (Wildman–Crippen LogP) is 2.44. The molecule has 0 radical (unpaired) electrons. The lowest BCUT2D eigenvalue weighted by Crippen LogP contribution is -2.29. The normalized spacial score (nSPS) is 12.8. The first-order chi connectivity index (χ1) is 8.85. The molecule has 4 N–H and O–H groups in total. The lowest BCUT2D eigenvalue weighted by atomic mass is 10.0. The number of ether oxygens (including phenoxy) is 1. The van der Waals surface area contributed by atoms with E-state index in [0.29, 0.717) is 0 Å². The van der Waals surface area contributed by atoms with Crippen LogP contribution in [0.25, 0.3) is 0 Å². The van der Waals surface area contributed by atoms with Crippen molar-refractivity contribution in [1.82, 2.24) is 0 Å². The lowest BCUT2D eigenvalue weighted by Gasteiger charge is -2.22. The van der Waals surface area contributed by atoms with E-state index in [2.05, 4.69) is 10.1 Å². The number of aliphatic hydroxyl groups excluding tert-OH is 1. The van der Waals surface area contributed by atoms with Crippen LogP contribution in [0.1, 0.15) is 13.8 Å². The monoisotopic (exact) mass is 278 g/mol. The number of anilines is 2. The molecule has 1 rings (SSSR count). The molecule has 0 fully saturated rings. The Morgan fingerprint density at radius 1 is 1.37 bits per heavy atom. The molecule has 0 heterocycles. The molecule has 0 aliphatic carbocycles. The number of alkyl halides is 2. The smallest absolute Gasteiger partial charge is 0.387 e. The number of halogens is 3. The fourth-order valence-corrected chi connectivity index (χ4v) is 1.50. The first-order valence-corrected chi connectivity index (χ1v) is 5.76. The Hall–Kier alpha value is -1.63. The fraction of sp³-hybridized carbons (Fsp3) is 0.500. The molecule has 0 bridgehead atoms. The van der Waals surface area contributed by atoms with Gasteiger partial charge in [0.25, 0.3) is 0 Å². The van der Waals surface area contributed by atoms with Crippen molar-refractivity contribution in [3.63, 3.8) is 0 Å². The van der Waals surface area contributed by atoms with Crippen LogP contribution in [0.4, 0.5) is 24.5 Å². The highest BCUT2D eigenvalue weighted by atomic mass is 19.3. The van der Waals surface area contributed by atoms with Crippen molar-refractivity contribution < 1.29 is 23.0 Å². The van der Waals surface area contributed by atoms with Crippen molar-refractivity contribution in [2.75, 3.05) is 17.7 Å². The molecule has 1 atom stereocenters. The topological polar surface area (TPSA) is 67.5 Å². The first kappa shape index (κ1) is 15.4. The zero-order valence-electron chi connectivity index (χ0n) is 10.7. The summed E-state index contributed by atoms with van der Waals surface area (Å²) >= 11 is 0. The largest absolute Gasteiger partial charge is 0.432 e. The number of hydrogen-bond donors (Lipinski definition) is 3. The van der Waals surface area contributed by atoms with Crippen LogP contribution in [-0.2, 0) is 0 Å². The molecular formula is C12H17F3N2O2. The highest BCUT2D eigenvalue weighted by Gasteiger charge is 2.17. The summed E-state index contributed by atoms with van der Waals surface area (Å²) in [7, 11) is 0. The van der Waals surface area contributed by atoms with Crippen molar-refractivity contribution in [2.24, 2.45) is 5.92 Å². The molecule has 0 saturated heterocycles.